The monoisotopic (exact) mass is 245 g/mol. The Bertz CT molecular complexity index is 519. The summed E-state index contributed by atoms with van der Waals surface area (Å²) >= 11 is 0. The average molecular weight is 245 g/mol. The molecule has 96 valence electrons. The van der Waals surface area contributed by atoms with Crippen LogP contribution >= 0.6 is 0 Å². The van der Waals surface area contributed by atoms with Gasteiger partial charge in [-0.2, -0.15) is 5.10 Å². The van der Waals surface area contributed by atoms with Crippen LogP contribution in [0.4, 0.5) is 0 Å². The number of ether oxygens (including phenoxy) is 1. The van der Waals surface area contributed by atoms with Crippen LogP contribution < -0.4 is 0 Å². The summed E-state index contributed by atoms with van der Waals surface area (Å²) < 4.78 is 5.32. The fourth-order valence-electron chi connectivity index (χ4n) is 1.73. The van der Waals surface area contributed by atoms with E-state index in [2.05, 4.69) is 35.1 Å². The number of aromatic amines is 1. The molecule has 1 N–H and O–H groups in total. The lowest BCUT2D eigenvalue weighted by Gasteiger charge is -2.10. The van der Waals surface area contributed by atoms with Gasteiger partial charge >= 0.3 is 0 Å². The highest BCUT2D eigenvalue weighted by Gasteiger charge is 2.10. The van der Waals surface area contributed by atoms with Crippen LogP contribution in [0.1, 0.15) is 44.2 Å². The second kappa shape index (κ2) is 5.31. The van der Waals surface area contributed by atoms with E-state index in [1.807, 2.05) is 25.1 Å². The molecule has 18 heavy (non-hydrogen) atoms. The molecule has 0 unspecified atom stereocenters. The van der Waals surface area contributed by atoms with Gasteiger partial charge in [0.25, 0.3) is 0 Å². The lowest BCUT2D eigenvalue weighted by molar-refractivity contribution is 0.119. The van der Waals surface area contributed by atoms with E-state index in [9.17, 15) is 0 Å². The first-order valence-electron chi connectivity index (χ1n) is 6.17. The summed E-state index contributed by atoms with van der Waals surface area (Å²) in [5.74, 6) is 2.01. The van der Waals surface area contributed by atoms with Crippen LogP contribution in [0.3, 0.4) is 0 Å². The van der Waals surface area contributed by atoms with Crippen LogP contribution in [0.5, 0.6) is 0 Å². The van der Waals surface area contributed by atoms with Gasteiger partial charge < -0.3 is 4.74 Å². The maximum Gasteiger partial charge on any atom is 0.181 e. The van der Waals surface area contributed by atoms with E-state index >= 15 is 0 Å². The summed E-state index contributed by atoms with van der Waals surface area (Å²) in [6, 6.07) is 8.14. The molecular formula is C14H19N3O. The summed E-state index contributed by atoms with van der Waals surface area (Å²) in [5, 5.41) is 7.23. The maximum absolute atomic E-state index is 5.32. The van der Waals surface area contributed by atoms with Gasteiger partial charge in [0.05, 0.1) is 6.10 Å². The Morgan fingerprint density at radius 1 is 1.22 bits per heavy atom. The second-order valence-corrected chi connectivity index (χ2v) is 4.70. The van der Waals surface area contributed by atoms with Gasteiger partial charge in [0.1, 0.15) is 5.82 Å². The van der Waals surface area contributed by atoms with Gasteiger partial charge in [0.2, 0.25) is 0 Å². The van der Waals surface area contributed by atoms with Crippen molar-refractivity contribution in [2.75, 3.05) is 7.11 Å². The van der Waals surface area contributed by atoms with Crippen molar-refractivity contribution in [1.29, 1.82) is 0 Å². The summed E-state index contributed by atoms with van der Waals surface area (Å²) in [5.41, 5.74) is 2.14. The Balaban J connectivity index is 2.32. The highest BCUT2D eigenvalue weighted by molar-refractivity contribution is 5.56. The highest BCUT2D eigenvalue weighted by atomic mass is 16.5. The molecule has 0 fully saturated rings. The molecule has 1 heterocycles. The second-order valence-electron chi connectivity index (χ2n) is 4.70. The Kier molecular flexibility index (Phi) is 3.77. The van der Waals surface area contributed by atoms with Crippen LogP contribution in [0, 0.1) is 0 Å². The number of nitrogens with one attached hydrogen (secondary N) is 1. The van der Waals surface area contributed by atoms with Gasteiger partial charge in [-0.1, -0.05) is 32.0 Å². The topological polar surface area (TPSA) is 50.8 Å². The van der Waals surface area contributed by atoms with Crippen LogP contribution in [-0.4, -0.2) is 22.3 Å². The SMILES string of the molecule is CO[C@H](C)c1cccc(-c2n[nH]c(C(C)C)n2)c1. The Labute approximate surface area is 107 Å². The van der Waals surface area contributed by atoms with Crippen LogP contribution in [-0.2, 0) is 4.74 Å². The first-order valence-corrected chi connectivity index (χ1v) is 6.17. The van der Waals surface area contributed by atoms with E-state index < -0.39 is 0 Å². The van der Waals surface area contributed by atoms with Crippen molar-refractivity contribution in [1.82, 2.24) is 15.2 Å². The van der Waals surface area contributed by atoms with Gasteiger partial charge in [0.15, 0.2) is 5.82 Å². The third kappa shape index (κ3) is 2.59. The smallest absolute Gasteiger partial charge is 0.181 e. The molecule has 0 aliphatic rings. The molecule has 0 radical (unpaired) electrons. The van der Waals surface area contributed by atoms with E-state index in [-0.39, 0.29) is 6.10 Å². The van der Waals surface area contributed by atoms with Gasteiger partial charge in [-0.05, 0) is 18.6 Å². The number of hydrogen-bond acceptors (Lipinski definition) is 3. The number of hydrogen-bond donors (Lipinski definition) is 1. The molecule has 0 amide bonds. The molecular weight excluding hydrogens is 226 g/mol. The molecule has 1 aromatic carbocycles. The lowest BCUT2D eigenvalue weighted by atomic mass is 10.1. The number of H-pyrrole nitrogens is 1. The number of nitrogens with zero attached hydrogens (tertiary/aromatic N) is 2. The minimum atomic E-state index is 0.0773. The van der Waals surface area contributed by atoms with Crippen LogP contribution in [0.15, 0.2) is 24.3 Å². The Hall–Kier alpha value is -1.68. The summed E-state index contributed by atoms with van der Waals surface area (Å²) in [4.78, 5) is 4.50. The van der Waals surface area contributed by atoms with Crippen molar-refractivity contribution in [2.45, 2.75) is 32.8 Å². The van der Waals surface area contributed by atoms with Crippen molar-refractivity contribution < 1.29 is 4.74 Å². The standard InChI is InChI=1S/C14H19N3O/c1-9(2)13-15-14(17-16-13)12-7-5-6-11(8-12)10(3)18-4/h5-10H,1-4H3,(H,15,16,17)/t10-/m1/s1. The van der Waals surface area contributed by atoms with Crippen molar-refractivity contribution in [2.24, 2.45) is 0 Å². The first-order chi connectivity index (χ1) is 8.61. The number of aromatic nitrogens is 3. The molecule has 1 atom stereocenters. The fraction of sp³-hybridized carbons (Fsp3) is 0.429. The number of rotatable bonds is 4. The summed E-state index contributed by atoms with van der Waals surface area (Å²) in [7, 11) is 1.71. The molecule has 0 bridgehead atoms. The van der Waals surface area contributed by atoms with Crippen molar-refractivity contribution >= 4 is 0 Å². The normalized spacial score (nSPS) is 12.9. The van der Waals surface area contributed by atoms with Crippen LogP contribution in [0.2, 0.25) is 0 Å². The van der Waals surface area contributed by atoms with Crippen molar-refractivity contribution in [3.05, 3.63) is 35.7 Å². The highest BCUT2D eigenvalue weighted by Crippen LogP contribution is 2.22. The van der Waals surface area contributed by atoms with E-state index in [1.54, 1.807) is 7.11 Å². The minimum absolute atomic E-state index is 0.0773. The molecule has 0 aliphatic heterocycles. The lowest BCUT2D eigenvalue weighted by Crippen LogP contribution is -1.96. The molecule has 4 heteroatoms. The van der Waals surface area contributed by atoms with Gasteiger partial charge in [0, 0.05) is 18.6 Å². The maximum atomic E-state index is 5.32. The number of methoxy groups -OCH3 is 1. The molecule has 0 aliphatic carbocycles. The molecule has 0 saturated carbocycles. The third-order valence-corrected chi connectivity index (χ3v) is 3.02. The van der Waals surface area contributed by atoms with Gasteiger partial charge in [-0.25, -0.2) is 4.98 Å². The van der Waals surface area contributed by atoms with Crippen molar-refractivity contribution in [3.8, 4) is 11.4 Å². The molecule has 0 spiro atoms. The minimum Gasteiger partial charge on any atom is -0.377 e. The largest absolute Gasteiger partial charge is 0.377 e. The predicted octanol–water partition coefficient (Wildman–Crippen LogP) is 3.30. The zero-order valence-corrected chi connectivity index (χ0v) is 11.3. The van der Waals surface area contributed by atoms with E-state index in [4.69, 9.17) is 4.74 Å². The van der Waals surface area contributed by atoms with Gasteiger partial charge in [-0.15, -0.1) is 0 Å². The summed E-state index contributed by atoms with van der Waals surface area (Å²) in [6.07, 6.45) is 0.0773. The Morgan fingerprint density at radius 3 is 2.61 bits per heavy atom. The fourth-order valence-corrected chi connectivity index (χ4v) is 1.73. The van der Waals surface area contributed by atoms with Crippen molar-refractivity contribution in [3.63, 3.8) is 0 Å². The zero-order valence-electron chi connectivity index (χ0n) is 11.3. The number of benzene rings is 1. The quantitative estimate of drug-likeness (QED) is 0.899. The van der Waals surface area contributed by atoms with E-state index in [0.717, 1.165) is 22.8 Å². The third-order valence-electron chi connectivity index (χ3n) is 3.02. The Morgan fingerprint density at radius 2 is 2.00 bits per heavy atom. The molecule has 1 aromatic heterocycles. The zero-order chi connectivity index (χ0) is 13.1. The van der Waals surface area contributed by atoms with Crippen LogP contribution in [0.25, 0.3) is 11.4 Å². The summed E-state index contributed by atoms with van der Waals surface area (Å²) in [6.45, 7) is 6.21. The van der Waals surface area contributed by atoms with E-state index in [0.29, 0.717) is 5.92 Å². The van der Waals surface area contributed by atoms with Gasteiger partial charge in [-0.3, -0.25) is 5.10 Å². The average Bonchev–Trinajstić information content (AvgIpc) is 2.88. The molecule has 2 aromatic rings. The first kappa shape index (κ1) is 12.8. The predicted molar refractivity (Wildman–Crippen MR) is 71.3 cm³/mol. The molecule has 4 nitrogen and oxygen atoms in total. The molecule has 0 saturated heterocycles. The van der Waals surface area contributed by atoms with E-state index in [1.165, 1.54) is 0 Å². The molecule has 2 rings (SSSR count).